The number of carbonyl (C=O) groups excluding carboxylic acids is 1. The fourth-order valence-electron chi connectivity index (χ4n) is 1.81. The minimum atomic E-state index is -0.149. The molecule has 1 amide bonds. The lowest BCUT2D eigenvalue weighted by molar-refractivity contribution is -0.117. The summed E-state index contributed by atoms with van der Waals surface area (Å²) in [4.78, 5) is 15.9. The number of anilines is 1. The summed E-state index contributed by atoms with van der Waals surface area (Å²) in [6, 6.07) is 11.1. The highest BCUT2D eigenvalue weighted by molar-refractivity contribution is 5.92. The predicted molar refractivity (Wildman–Crippen MR) is 80.7 cm³/mol. The summed E-state index contributed by atoms with van der Waals surface area (Å²) in [6.45, 7) is 1.92. The molecule has 0 saturated heterocycles. The molecule has 20 heavy (non-hydrogen) atoms. The van der Waals surface area contributed by atoms with Gasteiger partial charge in [0, 0.05) is 24.2 Å². The summed E-state index contributed by atoms with van der Waals surface area (Å²) >= 11 is 0. The molecule has 1 aromatic heterocycles. The van der Waals surface area contributed by atoms with Gasteiger partial charge in [0.05, 0.1) is 6.04 Å². The van der Waals surface area contributed by atoms with Crippen molar-refractivity contribution in [1.82, 2.24) is 10.3 Å². The van der Waals surface area contributed by atoms with Crippen LogP contribution in [0.1, 0.15) is 24.1 Å². The lowest BCUT2D eigenvalue weighted by Crippen LogP contribution is -2.24. The highest BCUT2D eigenvalue weighted by atomic mass is 16.1. The molecule has 3 N–H and O–H groups in total. The molecule has 0 saturated carbocycles. The molecular weight excluding hydrogens is 250 g/mol. The number of amides is 1. The van der Waals surface area contributed by atoms with E-state index in [0.717, 1.165) is 11.1 Å². The van der Waals surface area contributed by atoms with Gasteiger partial charge in [-0.15, -0.1) is 0 Å². The summed E-state index contributed by atoms with van der Waals surface area (Å²) in [5, 5.41) is 2.88. The van der Waals surface area contributed by atoms with Gasteiger partial charge in [-0.25, -0.2) is 0 Å². The number of benzene rings is 1. The maximum Gasteiger partial charge on any atom is 0.244 e. The Bertz CT molecular complexity index is 608. The van der Waals surface area contributed by atoms with Crippen LogP contribution in [0, 0.1) is 0 Å². The molecule has 0 spiro atoms. The summed E-state index contributed by atoms with van der Waals surface area (Å²) < 4.78 is 0. The number of hydrogen-bond acceptors (Lipinski definition) is 3. The quantitative estimate of drug-likeness (QED) is 0.660. The summed E-state index contributed by atoms with van der Waals surface area (Å²) in [7, 11) is 0. The van der Waals surface area contributed by atoms with Crippen molar-refractivity contribution in [3.8, 4) is 0 Å². The van der Waals surface area contributed by atoms with Crippen LogP contribution >= 0.6 is 0 Å². The number of nitrogen functional groups attached to an aromatic ring is 1. The summed E-state index contributed by atoms with van der Waals surface area (Å²) in [6.07, 6.45) is 6.69. The number of pyridine rings is 1. The van der Waals surface area contributed by atoms with Gasteiger partial charge in [0.1, 0.15) is 0 Å². The molecule has 0 unspecified atom stereocenters. The van der Waals surface area contributed by atoms with Crippen LogP contribution in [-0.4, -0.2) is 10.9 Å². The number of rotatable bonds is 4. The van der Waals surface area contributed by atoms with Gasteiger partial charge in [0.25, 0.3) is 0 Å². The molecule has 0 aliphatic rings. The van der Waals surface area contributed by atoms with Crippen molar-refractivity contribution < 1.29 is 4.79 Å². The molecular formula is C16H17N3O. The molecule has 0 aliphatic heterocycles. The van der Waals surface area contributed by atoms with Gasteiger partial charge < -0.3 is 11.1 Å². The van der Waals surface area contributed by atoms with E-state index in [1.165, 1.54) is 6.08 Å². The van der Waals surface area contributed by atoms with E-state index in [-0.39, 0.29) is 11.9 Å². The van der Waals surface area contributed by atoms with E-state index in [1.54, 1.807) is 18.5 Å². The number of nitrogens with zero attached hydrogens (tertiary/aromatic N) is 1. The van der Waals surface area contributed by atoms with Crippen LogP contribution in [0.25, 0.3) is 6.08 Å². The number of hydrogen-bond donors (Lipinski definition) is 2. The third kappa shape index (κ3) is 3.95. The van der Waals surface area contributed by atoms with Gasteiger partial charge in [-0.05, 0) is 42.3 Å². The van der Waals surface area contributed by atoms with Crippen LogP contribution in [-0.2, 0) is 4.79 Å². The molecule has 0 radical (unpaired) electrons. The zero-order valence-corrected chi connectivity index (χ0v) is 11.3. The molecule has 0 bridgehead atoms. The molecule has 102 valence electrons. The van der Waals surface area contributed by atoms with Crippen molar-refractivity contribution in [3.63, 3.8) is 0 Å². The minimum absolute atomic E-state index is 0.0818. The van der Waals surface area contributed by atoms with Gasteiger partial charge in [-0.1, -0.05) is 18.2 Å². The standard InChI is InChI=1S/C16H17N3O/c1-12(14-5-3-9-18-11-14)19-16(20)8-7-13-4-2-6-15(17)10-13/h2-12H,17H2,1H3,(H,19,20)/b8-7+/t12-/m0/s1. The second-order valence-corrected chi connectivity index (χ2v) is 4.52. The Labute approximate surface area is 118 Å². The van der Waals surface area contributed by atoms with Crippen LogP contribution in [0.3, 0.4) is 0 Å². The Balaban J connectivity index is 1.96. The number of nitrogens with two attached hydrogens (primary N) is 1. The van der Waals surface area contributed by atoms with Crippen molar-refractivity contribution in [1.29, 1.82) is 0 Å². The number of aromatic nitrogens is 1. The van der Waals surface area contributed by atoms with Crippen LogP contribution in [0.5, 0.6) is 0 Å². The lowest BCUT2D eigenvalue weighted by Gasteiger charge is -2.11. The van der Waals surface area contributed by atoms with Gasteiger partial charge in [-0.3, -0.25) is 9.78 Å². The van der Waals surface area contributed by atoms with Gasteiger partial charge in [0.2, 0.25) is 5.91 Å². The second-order valence-electron chi connectivity index (χ2n) is 4.52. The van der Waals surface area contributed by atoms with E-state index in [1.807, 2.05) is 43.3 Å². The van der Waals surface area contributed by atoms with E-state index < -0.39 is 0 Å². The Morgan fingerprint density at radius 3 is 2.90 bits per heavy atom. The van der Waals surface area contributed by atoms with E-state index in [9.17, 15) is 4.79 Å². The molecule has 0 aliphatic carbocycles. The number of nitrogens with one attached hydrogen (secondary N) is 1. The van der Waals surface area contributed by atoms with Crippen LogP contribution in [0.4, 0.5) is 5.69 Å². The van der Waals surface area contributed by atoms with Crippen molar-refractivity contribution in [3.05, 3.63) is 66.0 Å². The molecule has 1 atom stereocenters. The molecule has 4 nitrogen and oxygen atoms in total. The Morgan fingerprint density at radius 1 is 1.35 bits per heavy atom. The molecule has 2 aromatic rings. The van der Waals surface area contributed by atoms with E-state index >= 15 is 0 Å². The zero-order valence-electron chi connectivity index (χ0n) is 11.3. The van der Waals surface area contributed by atoms with Gasteiger partial charge in [0.15, 0.2) is 0 Å². The first-order chi connectivity index (χ1) is 9.65. The van der Waals surface area contributed by atoms with E-state index in [0.29, 0.717) is 5.69 Å². The monoisotopic (exact) mass is 267 g/mol. The SMILES string of the molecule is C[C@H](NC(=O)/C=C/c1cccc(N)c1)c1cccnc1. The molecule has 1 aromatic carbocycles. The van der Waals surface area contributed by atoms with Crippen molar-refractivity contribution in [2.24, 2.45) is 0 Å². The third-order valence-corrected chi connectivity index (χ3v) is 2.88. The highest BCUT2D eigenvalue weighted by Gasteiger charge is 2.06. The van der Waals surface area contributed by atoms with Gasteiger partial charge >= 0.3 is 0 Å². The summed E-state index contributed by atoms with van der Waals surface area (Å²) in [5.41, 5.74) is 8.23. The van der Waals surface area contributed by atoms with E-state index in [4.69, 9.17) is 5.73 Å². The molecule has 1 heterocycles. The average Bonchev–Trinajstić information content (AvgIpc) is 2.46. The van der Waals surface area contributed by atoms with Crippen molar-refractivity contribution >= 4 is 17.7 Å². The smallest absolute Gasteiger partial charge is 0.244 e. The van der Waals surface area contributed by atoms with Crippen molar-refractivity contribution in [2.45, 2.75) is 13.0 Å². The minimum Gasteiger partial charge on any atom is -0.399 e. The van der Waals surface area contributed by atoms with Crippen LogP contribution in [0.15, 0.2) is 54.9 Å². The lowest BCUT2D eigenvalue weighted by atomic mass is 10.1. The first-order valence-corrected chi connectivity index (χ1v) is 6.39. The first-order valence-electron chi connectivity index (χ1n) is 6.39. The fourth-order valence-corrected chi connectivity index (χ4v) is 1.81. The Morgan fingerprint density at radius 2 is 2.20 bits per heavy atom. The first kappa shape index (κ1) is 13.8. The van der Waals surface area contributed by atoms with Crippen LogP contribution in [0.2, 0.25) is 0 Å². The molecule has 2 rings (SSSR count). The maximum atomic E-state index is 11.8. The van der Waals surface area contributed by atoms with Crippen LogP contribution < -0.4 is 11.1 Å². The fraction of sp³-hybridized carbons (Fsp3) is 0.125. The highest BCUT2D eigenvalue weighted by Crippen LogP contribution is 2.10. The number of carbonyl (C=O) groups is 1. The third-order valence-electron chi connectivity index (χ3n) is 2.88. The molecule has 0 fully saturated rings. The zero-order chi connectivity index (χ0) is 14.4. The Hall–Kier alpha value is -2.62. The summed E-state index contributed by atoms with van der Waals surface area (Å²) in [5.74, 6) is -0.149. The van der Waals surface area contributed by atoms with E-state index in [2.05, 4.69) is 10.3 Å². The maximum absolute atomic E-state index is 11.8. The largest absolute Gasteiger partial charge is 0.399 e. The van der Waals surface area contributed by atoms with Gasteiger partial charge in [-0.2, -0.15) is 0 Å². The second kappa shape index (κ2) is 6.52. The predicted octanol–water partition coefficient (Wildman–Crippen LogP) is 2.55. The normalized spacial score (nSPS) is 12.2. The van der Waals surface area contributed by atoms with Crippen molar-refractivity contribution in [2.75, 3.05) is 5.73 Å². The topological polar surface area (TPSA) is 68.0 Å². The average molecular weight is 267 g/mol. The molecule has 4 heteroatoms. The Kier molecular flexibility index (Phi) is 4.50.